The number of halogens is 3. The maximum Gasteiger partial charge on any atom is 0.490 e. The molecule has 0 bridgehead atoms. The van der Waals surface area contributed by atoms with Crippen molar-refractivity contribution >= 4 is 23.2 Å². The molecule has 2 N–H and O–H groups in total. The number of methoxy groups -OCH3 is 1. The van der Waals surface area contributed by atoms with Crippen molar-refractivity contribution in [3.8, 4) is 0 Å². The van der Waals surface area contributed by atoms with E-state index in [1.165, 1.54) is 12.0 Å². The van der Waals surface area contributed by atoms with Crippen LogP contribution in [0.4, 0.5) is 13.2 Å². The van der Waals surface area contributed by atoms with Crippen LogP contribution >= 0.6 is 11.3 Å². The van der Waals surface area contributed by atoms with E-state index in [-0.39, 0.29) is 24.2 Å². The zero-order valence-corrected chi connectivity index (χ0v) is 18.4. The lowest BCUT2D eigenvalue weighted by Crippen LogP contribution is -2.47. The number of rotatable bonds is 6. The largest absolute Gasteiger partial charge is 0.490 e. The van der Waals surface area contributed by atoms with Crippen LogP contribution in [0, 0.1) is 6.92 Å². The number of amides is 1. The minimum atomic E-state index is -5.08. The molecule has 31 heavy (non-hydrogen) atoms. The van der Waals surface area contributed by atoms with Gasteiger partial charge in [0.25, 0.3) is 0 Å². The van der Waals surface area contributed by atoms with Crippen molar-refractivity contribution < 1.29 is 37.3 Å². The van der Waals surface area contributed by atoms with Crippen LogP contribution in [0.1, 0.15) is 36.3 Å². The highest BCUT2D eigenvalue weighted by Gasteiger charge is 2.43. The molecule has 2 fully saturated rings. The summed E-state index contributed by atoms with van der Waals surface area (Å²) < 4.78 is 43.0. The summed E-state index contributed by atoms with van der Waals surface area (Å²) in [5, 5.41) is 10.0. The van der Waals surface area contributed by atoms with Crippen LogP contribution in [0.5, 0.6) is 0 Å². The molecule has 2 atom stereocenters. The molecule has 0 radical (unpaired) electrons. The van der Waals surface area contributed by atoms with Gasteiger partial charge in [0.15, 0.2) is 0 Å². The highest BCUT2D eigenvalue weighted by molar-refractivity contribution is 7.09. The average molecular weight is 468 g/mol. The number of nitrogens with zero attached hydrogens (tertiary/aromatic N) is 2. The lowest BCUT2D eigenvalue weighted by Gasteiger charge is -2.39. The molecule has 1 aromatic rings. The summed E-state index contributed by atoms with van der Waals surface area (Å²) in [5.41, 5.74) is 3.03. The van der Waals surface area contributed by atoms with E-state index < -0.39 is 12.1 Å². The monoisotopic (exact) mass is 467 g/mol. The minimum Gasteiger partial charge on any atom is -0.475 e. The highest BCUT2D eigenvalue weighted by atomic mass is 32.1. The van der Waals surface area contributed by atoms with Crippen molar-refractivity contribution in [2.45, 2.75) is 57.0 Å². The quantitative estimate of drug-likeness (QED) is 0.662. The molecule has 12 heteroatoms. The SMILES string of the molecule is COCC(=O)NC[C@H]1CCC[C@]2(CCN(Cc3scnc3C)C2)O1.O=C(O)C(F)(F)F. The lowest BCUT2D eigenvalue weighted by atomic mass is 9.90. The number of aryl methyl sites for hydroxylation is 1. The van der Waals surface area contributed by atoms with Crippen LogP contribution in [0.2, 0.25) is 0 Å². The zero-order valence-electron chi connectivity index (χ0n) is 17.5. The summed E-state index contributed by atoms with van der Waals surface area (Å²) in [6, 6.07) is 0. The molecular formula is C19H28F3N3O5S. The lowest BCUT2D eigenvalue weighted by molar-refractivity contribution is -0.192. The van der Waals surface area contributed by atoms with E-state index in [1.54, 1.807) is 11.3 Å². The molecule has 0 aromatic carbocycles. The van der Waals surface area contributed by atoms with Gasteiger partial charge < -0.3 is 19.9 Å². The van der Waals surface area contributed by atoms with Gasteiger partial charge in [0, 0.05) is 38.2 Å². The maximum absolute atomic E-state index is 11.6. The molecular weight excluding hydrogens is 439 g/mol. The fourth-order valence-electron chi connectivity index (χ4n) is 3.72. The van der Waals surface area contributed by atoms with E-state index >= 15 is 0 Å². The van der Waals surface area contributed by atoms with Gasteiger partial charge in [0.1, 0.15) is 6.61 Å². The van der Waals surface area contributed by atoms with E-state index in [0.717, 1.165) is 51.0 Å². The Labute approximate surface area is 182 Å². The first-order chi connectivity index (χ1) is 14.5. The molecule has 3 rings (SSSR count). The van der Waals surface area contributed by atoms with Crippen molar-refractivity contribution in [3.63, 3.8) is 0 Å². The molecule has 1 spiro atoms. The number of nitrogens with one attached hydrogen (secondary N) is 1. The molecule has 0 unspecified atom stereocenters. The number of thiazole rings is 1. The normalized spacial score (nSPS) is 24.0. The number of aliphatic carboxylic acids is 1. The van der Waals surface area contributed by atoms with Gasteiger partial charge in [-0.15, -0.1) is 11.3 Å². The minimum absolute atomic E-state index is 0.0342. The molecule has 0 saturated carbocycles. The van der Waals surface area contributed by atoms with Gasteiger partial charge in [-0.1, -0.05) is 0 Å². The van der Waals surface area contributed by atoms with Crippen LogP contribution in [-0.4, -0.2) is 78.1 Å². The Morgan fingerprint density at radius 1 is 1.45 bits per heavy atom. The van der Waals surface area contributed by atoms with Crippen LogP contribution < -0.4 is 5.32 Å². The van der Waals surface area contributed by atoms with Crippen molar-refractivity contribution in [1.82, 2.24) is 15.2 Å². The summed E-state index contributed by atoms with van der Waals surface area (Å²) in [7, 11) is 1.53. The topological polar surface area (TPSA) is 101 Å². The predicted molar refractivity (Wildman–Crippen MR) is 107 cm³/mol. The summed E-state index contributed by atoms with van der Waals surface area (Å²) in [6.07, 6.45) is -0.591. The van der Waals surface area contributed by atoms with E-state index in [1.807, 2.05) is 5.51 Å². The second kappa shape index (κ2) is 11.2. The number of aromatic nitrogens is 1. The highest BCUT2D eigenvalue weighted by Crippen LogP contribution is 2.37. The van der Waals surface area contributed by atoms with Crippen molar-refractivity contribution in [3.05, 3.63) is 16.1 Å². The molecule has 2 aliphatic rings. The summed E-state index contributed by atoms with van der Waals surface area (Å²) in [6.45, 7) is 5.79. The predicted octanol–water partition coefficient (Wildman–Crippen LogP) is 2.36. The fraction of sp³-hybridized carbons (Fsp3) is 0.737. The zero-order chi connectivity index (χ0) is 23.1. The third kappa shape index (κ3) is 8.02. The summed E-state index contributed by atoms with van der Waals surface area (Å²) in [5.74, 6) is -2.83. The number of carboxylic acid groups (broad SMARTS) is 1. The van der Waals surface area contributed by atoms with Crippen molar-refractivity contribution in [2.24, 2.45) is 0 Å². The molecule has 2 aliphatic heterocycles. The number of likely N-dealkylation sites (tertiary alicyclic amines) is 1. The third-order valence-corrected chi connectivity index (χ3v) is 6.15. The Bertz CT molecular complexity index is 746. The summed E-state index contributed by atoms with van der Waals surface area (Å²) in [4.78, 5) is 28.6. The molecule has 1 aromatic heterocycles. The number of alkyl halides is 3. The Kier molecular flexibility index (Phi) is 9.22. The van der Waals surface area contributed by atoms with Crippen LogP contribution in [-0.2, 0) is 25.6 Å². The molecule has 1 amide bonds. The van der Waals surface area contributed by atoms with Crippen molar-refractivity contribution in [1.29, 1.82) is 0 Å². The third-order valence-electron chi connectivity index (χ3n) is 5.23. The van der Waals surface area contributed by atoms with E-state index in [4.69, 9.17) is 19.4 Å². The molecule has 176 valence electrons. The number of carbonyl (C=O) groups is 2. The van der Waals surface area contributed by atoms with Crippen LogP contribution in [0.15, 0.2) is 5.51 Å². The second-order valence-electron chi connectivity index (χ2n) is 7.68. The maximum atomic E-state index is 11.6. The number of carboxylic acids is 1. The van der Waals surface area contributed by atoms with Gasteiger partial charge in [-0.2, -0.15) is 13.2 Å². The standard InChI is InChI=1S/C17H27N3O3S.C2HF3O2/c1-13-15(24-12-19-13)9-20-7-6-17(11-20)5-3-4-14(23-17)8-18-16(21)10-22-2;3-2(4,5)1(6)7/h12,14H,3-11H2,1-2H3,(H,18,21);(H,6,7)/t14-,17-;/m1./s1. The van der Waals surface area contributed by atoms with Crippen LogP contribution in [0.25, 0.3) is 0 Å². The molecule has 3 heterocycles. The van der Waals surface area contributed by atoms with Gasteiger partial charge in [0.05, 0.1) is 22.9 Å². The number of hydrogen-bond acceptors (Lipinski definition) is 7. The Hall–Kier alpha value is -1.76. The average Bonchev–Trinajstić information content (AvgIpc) is 3.27. The first-order valence-corrected chi connectivity index (χ1v) is 10.8. The smallest absolute Gasteiger partial charge is 0.475 e. The Morgan fingerprint density at radius 3 is 2.74 bits per heavy atom. The number of ether oxygens (including phenoxy) is 2. The van der Waals surface area contributed by atoms with Gasteiger partial charge in [-0.3, -0.25) is 9.69 Å². The Morgan fingerprint density at radius 2 is 2.16 bits per heavy atom. The van der Waals surface area contributed by atoms with Gasteiger partial charge in [-0.05, 0) is 32.6 Å². The van der Waals surface area contributed by atoms with E-state index in [9.17, 15) is 18.0 Å². The van der Waals surface area contributed by atoms with E-state index in [2.05, 4.69) is 22.1 Å². The van der Waals surface area contributed by atoms with Gasteiger partial charge in [-0.25, -0.2) is 9.78 Å². The van der Waals surface area contributed by atoms with Gasteiger partial charge >= 0.3 is 12.1 Å². The number of hydrogen-bond donors (Lipinski definition) is 2. The van der Waals surface area contributed by atoms with Crippen molar-refractivity contribution in [2.75, 3.05) is 33.4 Å². The van der Waals surface area contributed by atoms with Crippen LogP contribution in [0.3, 0.4) is 0 Å². The Balaban J connectivity index is 0.000000423. The second-order valence-corrected chi connectivity index (χ2v) is 8.62. The molecule has 0 aliphatic carbocycles. The number of carbonyl (C=O) groups excluding carboxylic acids is 1. The fourth-order valence-corrected chi connectivity index (χ4v) is 4.54. The van der Waals surface area contributed by atoms with E-state index in [0.29, 0.717) is 6.54 Å². The molecule has 8 nitrogen and oxygen atoms in total. The summed E-state index contributed by atoms with van der Waals surface area (Å²) >= 11 is 1.74. The first kappa shape index (κ1) is 25.5. The first-order valence-electron chi connectivity index (χ1n) is 9.89. The van der Waals surface area contributed by atoms with Gasteiger partial charge in [0.2, 0.25) is 5.91 Å². The molecule has 2 saturated heterocycles.